The Kier molecular flexibility index (Phi) is 6.75. The lowest BCUT2D eigenvalue weighted by molar-refractivity contribution is 0.129. The first-order valence-electron chi connectivity index (χ1n) is 8.65. The minimum Gasteiger partial charge on any atom is -0.504 e. The Balaban J connectivity index is 2.55. The molecule has 5 nitrogen and oxygen atoms in total. The number of benzene rings is 2. The highest BCUT2D eigenvalue weighted by Crippen LogP contribution is 2.41. The molecule has 2 rings (SSSR count). The second-order valence-corrected chi connectivity index (χ2v) is 6.63. The van der Waals surface area contributed by atoms with E-state index in [9.17, 15) is 10.2 Å². The van der Waals surface area contributed by atoms with Gasteiger partial charge in [0, 0.05) is 19.6 Å². The molecule has 2 aromatic rings. The van der Waals surface area contributed by atoms with Crippen LogP contribution in [0.15, 0.2) is 36.4 Å². The lowest BCUT2D eigenvalue weighted by atomic mass is 9.76. The molecule has 2 atom stereocenters. The van der Waals surface area contributed by atoms with Gasteiger partial charge in [0.15, 0.2) is 23.0 Å². The molecular weight excluding hydrogens is 332 g/mol. The van der Waals surface area contributed by atoms with Gasteiger partial charge in [-0.2, -0.15) is 0 Å². The SMILES string of the molecule is COC[C@@H](C)[C@@H](C)C(c1ccc(O)c(OC)c1)c1ccc(O)c(OC)c1. The largest absolute Gasteiger partial charge is 0.504 e. The molecule has 0 aliphatic rings. The lowest BCUT2D eigenvalue weighted by Gasteiger charge is -2.30. The average molecular weight is 360 g/mol. The summed E-state index contributed by atoms with van der Waals surface area (Å²) in [5.41, 5.74) is 2.03. The second kappa shape index (κ2) is 8.81. The first-order chi connectivity index (χ1) is 12.4. The molecule has 26 heavy (non-hydrogen) atoms. The van der Waals surface area contributed by atoms with Crippen LogP contribution in [-0.2, 0) is 4.74 Å². The maximum atomic E-state index is 9.94. The van der Waals surface area contributed by atoms with Crippen molar-refractivity contribution in [3.05, 3.63) is 47.5 Å². The third-order valence-corrected chi connectivity index (χ3v) is 4.98. The van der Waals surface area contributed by atoms with Crippen LogP contribution in [-0.4, -0.2) is 38.1 Å². The van der Waals surface area contributed by atoms with Gasteiger partial charge < -0.3 is 24.4 Å². The van der Waals surface area contributed by atoms with E-state index in [1.807, 2.05) is 24.3 Å². The van der Waals surface area contributed by atoms with Gasteiger partial charge in [0.1, 0.15) is 0 Å². The zero-order chi connectivity index (χ0) is 19.3. The third kappa shape index (κ3) is 4.22. The number of hydrogen-bond acceptors (Lipinski definition) is 5. The highest BCUT2D eigenvalue weighted by molar-refractivity contribution is 5.49. The number of phenolic OH excluding ortho intramolecular Hbond substituents is 2. The molecule has 0 saturated heterocycles. The first kappa shape index (κ1) is 19.9. The summed E-state index contributed by atoms with van der Waals surface area (Å²) in [6.07, 6.45) is 0. The van der Waals surface area contributed by atoms with Gasteiger partial charge in [0.25, 0.3) is 0 Å². The molecular formula is C21H28O5. The number of hydrogen-bond donors (Lipinski definition) is 2. The van der Waals surface area contributed by atoms with Crippen LogP contribution in [0.1, 0.15) is 30.9 Å². The number of aromatic hydroxyl groups is 2. The summed E-state index contributed by atoms with van der Waals surface area (Å²) in [5.74, 6) is 1.63. The van der Waals surface area contributed by atoms with E-state index in [2.05, 4.69) is 13.8 Å². The maximum absolute atomic E-state index is 9.94. The van der Waals surface area contributed by atoms with E-state index in [0.29, 0.717) is 24.0 Å². The molecule has 0 spiro atoms. The Morgan fingerprint density at radius 2 is 1.27 bits per heavy atom. The van der Waals surface area contributed by atoms with Crippen LogP contribution < -0.4 is 9.47 Å². The van der Waals surface area contributed by atoms with Gasteiger partial charge in [-0.1, -0.05) is 26.0 Å². The monoisotopic (exact) mass is 360 g/mol. The predicted octanol–water partition coefficient (Wildman–Crippen LogP) is 4.17. The molecule has 0 fully saturated rings. The summed E-state index contributed by atoms with van der Waals surface area (Å²) in [6.45, 7) is 4.96. The molecule has 0 aliphatic carbocycles. The van der Waals surface area contributed by atoms with Gasteiger partial charge in [0.2, 0.25) is 0 Å². The number of ether oxygens (including phenoxy) is 3. The Labute approximate surface area is 155 Å². The van der Waals surface area contributed by atoms with E-state index < -0.39 is 0 Å². The van der Waals surface area contributed by atoms with Crippen molar-refractivity contribution < 1.29 is 24.4 Å². The van der Waals surface area contributed by atoms with Crippen LogP contribution in [0.25, 0.3) is 0 Å². The van der Waals surface area contributed by atoms with Gasteiger partial charge in [-0.3, -0.25) is 0 Å². The molecule has 142 valence electrons. The van der Waals surface area contributed by atoms with Gasteiger partial charge in [0.05, 0.1) is 14.2 Å². The van der Waals surface area contributed by atoms with Gasteiger partial charge in [-0.25, -0.2) is 0 Å². The van der Waals surface area contributed by atoms with Crippen LogP contribution in [0.3, 0.4) is 0 Å². The average Bonchev–Trinajstić information content (AvgIpc) is 2.64. The fraction of sp³-hybridized carbons (Fsp3) is 0.429. The van der Waals surface area contributed by atoms with Crippen LogP contribution in [0, 0.1) is 11.8 Å². The molecule has 0 bridgehead atoms. The topological polar surface area (TPSA) is 68.2 Å². The summed E-state index contributed by atoms with van der Waals surface area (Å²) < 4.78 is 15.9. The lowest BCUT2D eigenvalue weighted by Crippen LogP contribution is -2.22. The Bertz CT molecular complexity index is 675. The molecule has 2 N–H and O–H groups in total. The predicted molar refractivity (Wildman–Crippen MR) is 101 cm³/mol. The van der Waals surface area contributed by atoms with Crippen molar-refractivity contribution in [1.82, 2.24) is 0 Å². The van der Waals surface area contributed by atoms with Crippen molar-refractivity contribution in [3.63, 3.8) is 0 Å². The summed E-state index contributed by atoms with van der Waals surface area (Å²) in [4.78, 5) is 0. The Morgan fingerprint density at radius 3 is 1.65 bits per heavy atom. The van der Waals surface area contributed by atoms with E-state index >= 15 is 0 Å². The Hall–Kier alpha value is -2.40. The van der Waals surface area contributed by atoms with E-state index in [4.69, 9.17) is 14.2 Å². The normalized spacial score (nSPS) is 13.5. The van der Waals surface area contributed by atoms with Gasteiger partial charge >= 0.3 is 0 Å². The highest BCUT2D eigenvalue weighted by Gasteiger charge is 2.27. The molecule has 2 aromatic carbocycles. The summed E-state index contributed by atoms with van der Waals surface area (Å²) in [5, 5.41) is 19.9. The van der Waals surface area contributed by atoms with Crippen molar-refractivity contribution >= 4 is 0 Å². The van der Waals surface area contributed by atoms with E-state index in [0.717, 1.165) is 11.1 Å². The smallest absolute Gasteiger partial charge is 0.160 e. The van der Waals surface area contributed by atoms with Crippen LogP contribution in [0.5, 0.6) is 23.0 Å². The van der Waals surface area contributed by atoms with Crippen molar-refractivity contribution in [2.45, 2.75) is 19.8 Å². The van der Waals surface area contributed by atoms with Crippen LogP contribution in [0.2, 0.25) is 0 Å². The zero-order valence-corrected chi connectivity index (χ0v) is 16.0. The molecule has 0 saturated carbocycles. The first-order valence-corrected chi connectivity index (χ1v) is 8.65. The summed E-state index contributed by atoms with van der Waals surface area (Å²) in [7, 11) is 4.77. The van der Waals surface area contributed by atoms with Crippen molar-refractivity contribution in [3.8, 4) is 23.0 Å². The molecule has 0 heterocycles. The minimum atomic E-state index is 0.0177. The third-order valence-electron chi connectivity index (χ3n) is 4.98. The van der Waals surface area contributed by atoms with Gasteiger partial charge in [-0.15, -0.1) is 0 Å². The number of rotatable bonds is 8. The molecule has 5 heteroatoms. The maximum Gasteiger partial charge on any atom is 0.160 e. The molecule has 0 unspecified atom stereocenters. The van der Waals surface area contributed by atoms with Crippen LogP contribution >= 0.6 is 0 Å². The molecule has 0 aliphatic heterocycles. The minimum absolute atomic E-state index is 0.0177. The highest BCUT2D eigenvalue weighted by atomic mass is 16.5. The fourth-order valence-electron chi connectivity index (χ4n) is 3.32. The van der Waals surface area contributed by atoms with E-state index in [1.165, 1.54) is 14.2 Å². The van der Waals surface area contributed by atoms with Crippen molar-refractivity contribution in [2.75, 3.05) is 27.9 Å². The Morgan fingerprint density at radius 1 is 0.808 bits per heavy atom. The van der Waals surface area contributed by atoms with Gasteiger partial charge in [-0.05, 0) is 47.2 Å². The second-order valence-electron chi connectivity index (χ2n) is 6.63. The summed E-state index contributed by atoms with van der Waals surface area (Å²) >= 11 is 0. The van der Waals surface area contributed by atoms with E-state index in [1.54, 1.807) is 19.2 Å². The number of phenols is 2. The number of methoxy groups -OCH3 is 3. The quantitative estimate of drug-likeness (QED) is 0.740. The summed E-state index contributed by atoms with van der Waals surface area (Å²) in [6, 6.07) is 10.8. The van der Waals surface area contributed by atoms with Crippen molar-refractivity contribution in [2.24, 2.45) is 11.8 Å². The fourth-order valence-corrected chi connectivity index (χ4v) is 3.32. The molecule has 0 amide bonds. The van der Waals surface area contributed by atoms with E-state index in [-0.39, 0.29) is 23.3 Å². The molecule has 0 radical (unpaired) electrons. The zero-order valence-electron chi connectivity index (χ0n) is 16.0. The van der Waals surface area contributed by atoms with Crippen molar-refractivity contribution in [1.29, 1.82) is 0 Å². The van der Waals surface area contributed by atoms with Crippen LogP contribution in [0.4, 0.5) is 0 Å². The standard InChI is InChI=1S/C21H28O5/c1-13(12-24-3)14(2)21(15-6-8-17(22)19(10-15)25-4)16-7-9-18(23)20(11-16)26-5/h6-11,13-14,21-23H,12H2,1-5H3/t13-,14-/m1/s1. The molecule has 0 aromatic heterocycles.